The monoisotopic (exact) mass is 347 g/mol. The van der Waals surface area contributed by atoms with Crippen molar-refractivity contribution in [3.8, 4) is 5.75 Å². The standard InChI is InChI=1S/C25H17NO/c26-16-19-14-15-22-24-20(19)12-7-13-21(24)23(17-8-3-1-4-9-17)25(27-22)18-10-5-2-6-11-18/h1-16,26H. The van der Waals surface area contributed by atoms with Gasteiger partial charge in [0.05, 0.1) is 0 Å². The van der Waals surface area contributed by atoms with Gasteiger partial charge in [-0.3, -0.25) is 0 Å². The molecule has 0 saturated heterocycles. The second kappa shape index (κ2) is 6.26. The summed E-state index contributed by atoms with van der Waals surface area (Å²) in [4.78, 5) is 0. The smallest absolute Gasteiger partial charge is 0.143 e. The Balaban J connectivity index is 1.90. The third kappa shape index (κ3) is 2.46. The van der Waals surface area contributed by atoms with Crippen molar-refractivity contribution in [3.63, 3.8) is 0 Å². The van der Waals surface area contributed by atoms with Crippen molar-refractivity contribution in [3.05, 3.63) is 113 Å². The summed E-state index contributed by atoms with van der Waals surface area (Å²) in [6.07, 6.45) is 1.40. The minimum atomic E-state index is 0.838. The van der Waals surface area contributed by atoms with E-state index in [-0.39, 0.29) is 0 Å². The van der Waals surface area contributed by atoms with Crippen molar-refractivity contribution in [2.75, 3.05) is 0 Å². The fourth-order valence-electron chi connectivity index (χ4n) is 3.78. The predicted molar refractivity (Wildman–Crippen MR) is 111 cm³/mol. The maximum atomic E-state index is 7.75. The summed E-state index contributed by atoms with van der Waals surface area (Å²) >= 11 is 0. The van der Waals surface area contributed by atoms with Gasteiger partial charge in [0, 0.05) is 28.3 Å². The average Bonchev–Trinajstić information content (AvgIpc) is 2.75. The van der Waals surface area contributed by atoms with Crippen LogP contribution < -0.4 is 4.74 Å². The third-order valence-electron chi connectivity index (χ3n) is 5.00. The lowest BCUT2D eigenvalue weighted by Crippen LogP contribution is -2.08. The van der Waals surface area contributed by atoms with Crippen LogP contribution >= 0.6 is 0 Å². The molecule has 0 spiro atoms. The SMILES string of the molecule is N=Cc1ccc2c3c(cccc13)C(c1ccccc1)=C(c1ccccc1)O2. The molecule has 4 aromatic rings. The van der Waals surface area contributed by atoms with Crippen LogP contribution in [-0.4, -0.2) is 6.21 Å². The molecule has 1 heterocycles. The van der Waals surface area contributed by atoms with Gasteiger partial charge in [0.1, 0.15) is 11.5 Å². The maximum Gasteiger partial charge on any atom is 0.143 e. The van der Waals surface area contributed by atoms with Gasteiger partial charge >= 0.3 is 0 Å². The first-order valence-electron chi connectivity index (χ1n) is 8.96. The van der Waals surface area contributed by atoms with Gasteiger partial charge in [-0.1, -0.05) is 78.9 Å². The summed E-state index contributed by atoms with van der Waals surface area (Å²) in [7, 11) is 0. The molecule has 4 aromatic carbocycles. The lowest BCUT2D eigenvalue weighted by atomic mass is 9.87. The molecule has 0 radical (unpaired) electrons. The highest BCUT2D eigenvalue weighted by atomic mass is 16.5. The number of ether oxygens (including phenoxy) is 1. The van der Waals surface area contributed by atoms with Gasteiger partial charge in [0.2, 0.25) is 0 Å². The van der Waals surface area contributed by atoms with Gasteiger partial charge in [-0.2, -0.15) is 0 Å². The second-order valence-corrected chi connectivity index (χ2v) is 6.56. The zero-order chi connectivity index (χ0) is 18.2. The molecule has 1 aliphatic rings. The largest absolute Gasteiger partial charge is 0.455 e. The molecule has 5 rings (SSSR count). The van der Waals surface area contributed by atoms with Gasteiger partial charge < -0.3 is 10.1 Å². The van der Waals surface area contributed by atoms with Crippen molar-refractivity contribution < 1.29 is 4.74 Å². The van der Waals surface area contributed by atoms with Crippen LogP contribution in [0.25, 0.3) is 22.1 Å². The van der Waals surface area contributed by atoms with Crippen LogP contribution in [0, 0.1) is 5.41 Å². The van der Waals surface area contributed by atoms with Crippen LogP contribution in [0.1, 0.15) is 22.3 Å². The van der Waals surface area contributed by atoms with Crippen LogP contribution in [0.3, 0.4) is 0 Å². The molecule has 0 fully saturated rings. The van der Waals surface area contributed by atoms with E-state index in [0.29, 0.717) is 0 Å². The molecule has 128 valence electrons. The topological polar surface area (TPSA) is 33.1 Å². The van der Waals surface area contributed by atoms with Crippen LogP contribution in [0.4, 0.5) is 0 Å². The van der Waals surface area contributed by atoms with Gasteiger partial charge in [0.15, 0.2) is 0 Å². The van der Waals surface area contributed by atoms with Crippen LogP contribution in [0.5, 0.6) is 5.75 Å². The summed E-state index contributed by atoms with van der Waals surface area (Å²) in [5.41, 5.74) is 5.30. The van der Waals surface area contributed by atoms with Crippen molar-refractivity contribution in [1.29, 1.82) is 5.41 Å². The third-order valence-corrected chi connectivity index (χ3v) is 5.00. The van der Waals surface area contributed by atoms with E-state index in [1.165, 1.54) is 6.21 Å². The van der Waals surface area contributed by atoms with E-state index in [1.54, 1.807) is 0 Å². The Labute approximate surface area is 157 Å². The highest BCUT2D eigenvalue weighted by molar-refractivity contribution is 6.13. The molecule has 27 heavy (non-hydrogen) atoms. The molecule has 2 heteroatoms. The molecule has 1 aliphatic heterocycles. The minimum absolute atomic E-state index is 0.838. The lowest BCUT2D eigenvalue weighted by molar-refractivity contribution is 0.519. The molecule has 0 unspecified atom stereocenters. The fraction of sp³-hybridized carbons (Fsp3) is 0. The predicted octanol–water partition coefficient (Wildman–Crippen LogP) is 6.15. The normalized spacial score (nSPS) is 12.7. The second-order valence-electron chi connectivity index (χ2n) is 6.56. The van der Waals surface area contributed by atoms with E-state index >= 15 is 0 Å². The van der Waals surface area contributed by atoms with Crippen molar-refractivity contribution in [1.82, 2.24) is 0 Å². The van der Waals surface area contributed by atoms with E-state index < -0.39 is 0 Å². The van der Waals surface area contributed by atoms with Gasteiger partial charge in [-0.05, 0) is 28.6 Å². The molecular weight excluding hydrogens is 330 g/mol. The van der Waals surface area contributed by atoms with Gasteiger partial charge in [-0.25, -0.2) is 0 Å². The number of benzene rings is 4. The van der Waals surface area contributed by atoms with E-state index in [0.717, 1.165) is 50.1 Å². The molecule has 1 N–H and O–H groups in total. The average molecular weight is 347 g/mol. The minimum Gasteiger partial charge on any atom is -0.455 e. The first-order valence-corrected chi connectivity index (χ1v) is 8.96. The van der Waals surface area contributed by atoms with E-state index in [2.05, 4.69) is 54.6 Å². The van der Waals surface area contributed by atoms with Crippen LogP contribution in [0.2, 0.25) is 0 Å². The van der Waals surface area contributed by atoms with Crippen LogP contribution in [-0.2, 0) is 0 Å². The summed E-state index contributed by atoms with van der Waals surface area (Å²) in [5.74, 6) is 1.70. The molecule has 0 saturated carbocycles. The van der Waals surface area contributed by atoms with Crippen molar-refractivity contribution in [2.24, 2.45) is 0 Å². The molecule has 0 amide bonds. The van der Waals surface area contributed by atoms with Crippen molar-refractivity contribution >= 4 is 28.3 Å². The highest BCUT2D eigenvalue weighted by Crippen LogP contribution is 2.45. The zero-order valence-corrected chi connectivity index (χ0v) is 14.6. The Morgan fingerprint density at radius 3 is 2.07 bits per heavy atom. The summed E-state index contributed by atoms with van der Waals surface area (Å²) in [6, 6.07) is 30.8. The Bertz CT molecular complexity index is 1190. The number of hydrogen-bond acceptors (Lipinski definition) is 2. The molecule has 0 aliphatic carbocycles. The highest BCUT2D eigenvalue weighted by Gasteiger charge is 2.25. The summed E-state index contributed by atoms with van der Waals surface area (Å²) in [6.45, 7) is 0. The van der Waals surface area contributed by atoms with E-state index in [1.807, 2.05) is 36.4 Å². The van der Waals surface area contributed by atoms with Crippen molar-refractivity contribution in [2.45, 2.75) is 0 Å². The van der Waals surface area contributed by atoms with Gasteiger partial charge in [0.25, 0.3) is 0 Å². The first-order chi connectivity index (χ1) is 13.4. The number of nitrogens with one attached hydrogen (secondary N) is 1. The Morgan fingerprint density at radius 1 is 0.667 bits per heavy atom. The maximum absolute atomic E-state index is 7.75. The van der Waals surface area contributed by atoms with Crippen LogP contribution in [0.15, 0.2) is 91.0 Å². The molecule has 0 aromatic heterocycles. The Hall–Kier alpha value is -3.65. The summed E-state index contributed by atoms with van der Waals surface area (Å²) < 4.78 is 6.46. The zero-order valence-electron chi connectivity index (χ0n) is 14.6. The first kappa shape index (κ1) is 15.6. The quantitative estimate of drug-likeness (QED) is 0.443. The lowest BCUT2D eigenvalue weighted by Gasteiger charge is -2.25. The molecule has 0 atom stereocenters. The summed E-state index contributed by atoms with van der Waals surface area (Å²) in [5, 5.41) is 9.86. The molecule has 0 bridgehead atoms. The molecule has 2 nitrogen and oxygen atoms in total. The molecular formula is C25H17NO. The van der Waals surface area contributed by atoms with E-state index in [9.17, 15) is 0 Å². The number of hydrogen-bond donors (Lipinski definition) is 1. The Kier molecular flexibility index (Phi) is 3.61. The Morgan fingerprint density at radius 2 is 1.37 bits per heavy atom. The fourth-order valence-corrected chi connectivity index (χ4v) is 3.78. The van der Waals surface area contributed by atoms with E-state index in [4.69, 9.17) is 10.1 Å². The van der Waals surface area contributed by atoms with Gasteiger partial charge in [-0.15, -0.1) is 0 Å². The number of rotatable bonds is 3.